The molecule has 3 heteroatoms. The first-order valence-corrected chi connectivity index (χ1v) is 11.3. The molecule has 0 spiro atoms. The van der Waals surface area contributed by atoms with Crippen LogP contribution in [0.15, 0.2) is 84.9 Å². The smallest absolute Gasteiger partial charge is 0.505 e. The van der Waals surface area contributed by atoms with Gasteiger partial charge in [-0.3, -0.25) is 0 Å². The molecule has 1 nitrogen and oxygen atoms in total. The van der Waals surface area contributed by atoms with E-state index in [1.165, 1.54) is 33.0 Å². The molecule has 0 amide bonds. The second-order valence-corrected chi connectivity index (χ2v) is 9.71. The summed E-state index contributed by atoms with van der Waals surface area (Å²) in [5.41, 5.74) is 5.53. The summed E-state index contributed by atoms with van der Waals surface area (Å²) in [4.78, 5) is 0. The molecule has 0 radical (unpaired) electrons. The molecule has 0 bridgehead atoms. The zero-order valence-electron chi connectivity index (χ0n) is 21.9. The van der Waals surface area contributed by atoms with Gasteiger partial charge < -0.3 is 19.6 Å². The topological polar surface area (TPSA) is 9.23 Å². The second kappa shape index (κ2) is 12.7. The monoisotopic (exact) mass is 560 g/mol. The van der Waals surface area contributed by atoms with Crippen molar-refractivity contribution < 1.29 is 30.9 Å². The molecule has 5 aromatic carbocycles. The summed E-state index contributed by atoms with van der Waals surface area (Å²) in [5.74, 6) is 0.895. The minimum Gasteiger partial charge on any atom is -0.505 e. The molecule has 0 saturated heterocycles. The molecule has 0 fully saturated rings. The van der Waals surface area contributed by atoms with Crippen LogP contribution < -0.4 is 4.74 Å². The maximum atomic E-state index is 6.15. The first-order valence-electron chi connectivity index (χ1n) is 10.9. The molecule has 5 rings (SSSR count). The van der Waals surface area contributed by atoms with Crippen LogP contribution in [0.1, 0.15) is 31.9 Å². The number of fused-ring (bicyclic) bond motifs is 3. The Bertz CT molecular complexity index is 1350. The summed E-state index contributed by atoms with van der Waals surface area (Å²) in [6.07, 6.45) is 0. The van der Waals surface area contributed by atoms with E-state index in [2.05, 4.69) is 88.4 Å². The summed E-state index contributed by atoms with van der Waals surface area (Å²) >= 11 is 6.15. The van der Waals surface area contributed by atoms with Crippen molar-refractivity contribution in [2.45, 2.75) is 33.1 Å². The number of methoxy groups -OCH3 is 1. The average molecular weight is 562 g/mol. The Morgan fingerprint density at radius 3 is 2.14 bits per heavy atom. The van der Waals surface area contributed by atoms with Gasteiger partial charge in [0.05, 0.1) is 12.9 Å². The van der Waals surface area contributed by atoms with Crippen molar-refractivity contribution >= 4 is 33.1 Å². The Morgan fingerprint density at radius 2 is 1.60 bits per heavy atom. The minimum atomic E-state index is 0. The fourth-order valence-electron chi connectivity index (χ4n) is 4.13. The fourth-order valence-corrected chi connectivity index (χ4v) is 4.31. The van der Waals surface area contributed by atoms with Gasteiger partial charge in [0.25, 0.3) is 0 Å². The van der Waals surface area contributed by atoms with Gasteiger partial charge in [-0.2, -0.15) is 23.3 Å². The van der Waals surface area contributed by atoms with Crippen LogP contribution in [0.4, 0.5) is 0 Å². The number of hydrogen-bond acceptors (Lipinski definition) is 1. The quantitative estimate of drug-likeness (QED) is 0.195. The van der Waals surface area contributed by atoms with Crippen molar-refractivity contribution in [3.05, 3.63) is 116 Å². The summed E-state index contributed by atoms with van der Waals surface area (Å²) in [6.45, 7) is 8.85. The zero-order chi connectivity index (χ0) is 22.9. The van der Waals surface area contributed by atoms with E-state index in [0.717, 1.165) is 21.5 Å². The van der Waals surface area contributed by atoms with Crippen molar-refractivity contribution in [1.29, 1.82) is 0 Å². The second-order valence-electron chi connectivity index (χ2n) is 9.27. The van der Waals surface area contributed by atoms with Crippen LogP contribution in [0, 0.1) is 21.8 Å². The summed E-state index contributed by atoms with van der Waals surface area (Å²) < 4.78 is 5.58. The molecule has 0 atom stereocenters. The summed E-state index contributed by atoms with van der Waals surface area (Å²) in [6, 6.07) is 29.4. The Morgan fingerprint density at radius 1 is 0.914 bits per heavy atom. The molecule has 35 heavy (non-hydrogen) atoms. The molecular weight excluding hydrogens is 527 g/mol. The largest absolute Gasteiger partial charge is 4.00 e. The van der Waals surface area contributed by atoms with Crippen LogP contribution in [0.5, 0.6) is 5.75 Å². The van der Waals surface area contributed by atoms with Gasteiger partial charge in [0.2, 0.25) is 0 Å². The third-order valence-electron chi connectivity index (χ3n) is 5.87. The Kier molecular flexibility index (Phi) is 11.2. The van der Waals surface area contributed by atoms with Gasteiger partial charge in [-0.05, 0) is 6.07 Å². The van der Waals surface area contributed by atoms with E-state index in [1.54, 1.807) is 7.11 Å². The van der Waals surface area contributed by atoms with Gasteiger partial charge in [0, 0.05) is 5.02 Å². The molecule has 0 heterocycles. The van der Waals surface area contributed by atoms with Crippen LogP contribution in [-0.4, -0.2) is 7.11 Å². The molecule has 0 aliphatic heterocycles. The van der Waals surface area contributed by atoms with Crippen molar-refractivity contribution in [3.8, 4) is 16.9 Å². The molecular formula is C32H35ClOZr. The molecule has 0 aliphatic rings. The fraction of sp³-hybridized carbons (Fsp3) is 0.188. The van der Waals surface area contributed by atoms with Gasteiger partial charge in [-0.25, -0.2) is 6.07 Å². The van der Waals surface area contributed by atoms with Gasteiger partial charge in [-0.15, -0.1) is 28.3 Å². The maximum absolute atomic E-state index is 6.15. The van der Waals surface area contributed by atoms with E-state index in [9.17, 15) is 0 Å². The molecule has 0 unspecified atom stereocenters. The van der Waals surface area contributed by atoms with Crippen molar-refractivity contribution in [1.82, 2.24) is 0 Å². The number of aryl methyl sites for hydroxylation is 1. The Labute approximate surface area is 235 Å². The molecule has 0 saturated carbocycles. The van der Waals surface area contributed by atoms with E-state index in [0.29, 0.717) is 5.41 Å². The average Bonchev–Trinajstić information content (AvgIpc) is 3.37. The third-order valence-corrected chi connectivity index (χ3v) is 6.10. The third kappa shape index (κ3) is 6.75. The normalized spacial score (nSPS) is 10.5. The van der Waals surface area contributed by atoms with Gasteiger partial charge >= 0.3 is 26.2 Å². The van der Waals surface area contributed by atoms with Crippen LogP contribution in [0.3, 0.4) is 0 Å². The van der Waals surface area contributed by atoms with Crippen molar-refractivity contribution in [3.63, 3.8) is 0 Å². The minimum absolute atomic E-state index is 0. The predicted molar refractivity (Wildman–Crippen MR) is 152 cm³/mol. The molecule has 0 aliphatic carbocycles. The van der Waals surface area contributed by atoms with Gasteiger partial charge in [0.1, 0.15) is 0 Å². The van der Waals surface area contributed by atoms with Crippen LogP contribution >= 0.6 is 11.6 Å². The summed E-state index contributed by atoms with van der Waals surface area (Å²) in [5, 5.41) is 5.42. The number of rotatable bonds is 2. The number of hydrogen-bond donors (Lipinski definition) is 0. The number of benzene rings is 3. The van der Waals surface area contributed by atoms with Crippen LogP contribution in [0.25, 0.3) is 32.7 Å². The van der Waals surface area contributed by atoms with E-state index < -0.39 is 0 Å². The van der Waals surface area contributed by atoms with Crippen molar-refractivity contribution in [2.75, 3.05) is 7.11 Å². The van der Waals surface area contributed by atoms with Crippen molar-refractivity contribution in [2.24, 2.45) is 0 Å². The predicted octanol–water partition coefficient (Wildman–Crippen LogP) is 9.95. The van der Waals surface area contributed by atoms with E-state index in [-0.39, 0.29) is 41.1 Å². The molecule has 180 valence electrons. The summed E-state index contributed by atoms with van der Waals surface area (Å²) in [7, 11) is 1.71. The first kappa shape index (κ1) is 30.9. The van der Waals surface area contributed by atoms with E-state index in [1.807, 2.05) is 24.3 Å². The molecule has 0 N–H and O–H groups in total. The van der Waals surface area contributed by atoms with Gasteiger partial charge in [0.15, 0.2) is 0 Å². The first-order chi connectivity index (χ1) is 15.3. The standard InChI is InChI=1S/C20H14ClO.C10H15.2CH3.Zr/c1-22-19-10-9-16(13-5-3-2-4-6-13)18-12-14-11-15(21)7-8-17(14)20(18)19;1-8-5-6-9(7-8)10(2,3)4;;;/h2-12H,1H3;5-7H,1-4H3;2*1H3;/q4*-1;+4. The SMILES string of the molecule is COc1ccc(-c2ccccc2)c2[cH-]c3cc(Cl)ccc3c12.C[c-]1ccc(C(C)(C)C)c1.[CH3-].[CH3-].[Zr+4]. The Hall–Kier alpha value is -2.15. The zero-order valence-corrected chi connectivity index (χ0v) is 25.1. The van der Waals surface area contributed by atoms with Gasteiger partial charge in [-0.1, -0.05) is 110 Å². The molecule has 5 aromatic rings. The van der Waals surface area contributed by atoms with Crippen LogP contribution in [-0.2, 0) is 31.6 Å². The number of ether oxygens (including phenoxy) is 1. The number of halogens is 1. The molecule has 0 aromatic heterocycles. The van der Waals surface area contributed by atoms with E-state index in [4.69, 9.17) is 16.3 Å². The maximum Gasteiger partial charge on any atom is 4.00 e. The van der Waals surface area contributed by atoms with E-state index >= 15 is 0 Å². The van der Waals surface area contributed by atoms with Crippen LogP contribution in [0.2, 0.25) is 5.02 Å². The Balaban J connectivity index is 0.000000407.